The van der Waals surface area contributed by atoms with E-state index in [0.717, 1.165) is 23.4 Å². The third kappa shape index (κ3) is 2.58. The average Bonchev–Trinajstić information content (AvgIpc) is 2.90. The molecule has 1 unspecified atom stereocenters. The van der Waals surface area contributed by atoms with E-state index in [1.165, 1.54) is 5.56 Å². The van der Waals surface area contributed by atoms with Crippen molar-refractivity contribution in [3.8, 4) is 5.69 Å². The third-order valence-corrected chi connectivity index (χ3v) is 4.30. The highest BCUT2D eigenvalue weighted by Crippen LogP contribution is 2.28. The van der Waals surface area contributed by atoms with Crippen molar-refractivity contribution < 1.29 is 9.90 Å². The van der Waals surface area contributed by atoms with E-state index in [0.29, 0.717) is 18.8 Å². The lowest BCUT2D eigenvalue weighted by atomic mass is 9.88. The Balaban J connectivity index is 1.90. The molecule has 0 aliphatic heterocycles. The van der Waals surface area contributed by atoms with Gasteiger partial charge in [-0.2, -0.15) is 5.10 Å². The van der Waals surface area contributed by atoms with Gasteiger partial charge in [-0.3, -0.25) is 4.79 Å². The molecule has 0 saturated carbocycles. The topological polar surface area (TPSA) is 55.1 Å². The van der Waals surface area contributed by atoms with Gasteiger partial charge in [-0.1, -0.05) is 26.0 Å². The fourth-order valence-electron chi connectivity index (χ4n) is 2.96. The molecule has 1 atom stereocenters. The van der Waals surface area contributed by atoms with Crippen LogP contribution in [0.2, 0.25) is 0 Å². The zero-order valence-electron chi connectivity index (χ0n) is 12.4. The van der Waals surface area contributed by atoms with Crippen LogP contribution in [0, 0.1) is 5.92 Å². The normalized spacial score (nSPS) is 17.8. The molecule has 21 heavy (non-hydrogen) atoms. The molecular formula is C17H20N2O2. The zero-order chi connectivity index (χ0) is 15.0. The summed E-state index contributed by atoms with van der Waals surface area (Å²) in [4.78, 5) is 11.1. The van der Waals surface area contributed by atoms with E-state index >= 15 is 0 Å². The van der Waals surface area contributed by atoms with E-state index in [9.17, 15) is 4.79 Å². The highest BCUT2D eigenvalue weighted by atomic mass is 16.4. The van der Waals surface area contributed by atoms with Crippen LogP contribution in [-0.2, 0) is 17.6 Å². The predicted octanol–water partition coefficient (Wildman–Crippen LogP) is 3.19. The molecule has 0 amide bonds. The van der Waals surface area contributed by atoms with Gasteiger partial charge < -0.3 is 5.11 Å². The van der Waals surface area contributed by atoms with Crippen LogP contribution in [0.25, 0.3) is 5.69 Å². The fraction of sp³-hybridized carbons (Fsp3) is 0.412. The molecule has 4 heteroatoms. The number of nitrogens with zero attached hydrogens (tertiary/aromatic N) is 2. The second-order valence-electron chi connectivity index (χ2n) is 6.05. The lowest BCUT2D eigenvalue weighted by Crippen LogP contribution is -2.22. The summed E-state index contributed by atoms with van der Waals surface area (Å²) in [5.74, 6) is -0.449. The monoisotopic (exact) mass is 284 g/mol. The summed E-state index contributed by atoms with van der Waals surface area (Å²) < 4.78 is 1.96. The third-order valence-electron chi connectivity index (χ3n) is 4.30. The number of benzene rings is 1. The summed E-state index contributed by atoms with van der Waals surface area (Å²) in [7, 11) is 0. The molecule has 0 spiro atoms. The van der Waals surface area contributed by atoms with Crippen molar-refractivity contribution in [1.29, 1.82) is 0 Å². The molecule has 1 aromatic heterocycles. The van der Waals surface area contributed by atoms with Crippen LogP contribution in [0.4, 0.5) is 0 Å². The van der Waals surface area contributed by atoms with Crippen LogP contribution in [-0.4, -0.2) is 20.9 Å². The molecule has 0 radical (unpaired) electrons. The molecule has 2 aromatic rings. The molecule has 0 fully saturated rings. The Morgan fingerprint density at radius 1 is 1.33 bits per heavy atom. The number of fused-ring (bicyclic) bond motifs is 1. The van der Waals surface area contributed by atoms with Crippen LogP contribution >= 0.6 is 0 Å². The van der Waals surface area contributed by atoms with Crippen molar-refractivity contribution in [3.63, 3.8) is 0 Å². The van der Waals surface area contributed by atoms with E-state index in [4.69, 9.17) is 5.11 Å². The van der Waals surface area contributed by atoms with Crippen molar-refractivity contribution in [1.82, 2.24) is 9.78 Å². The van der Waals surface area contributed by atoms with Gasteiger partial charge in [0.15, 0.2) is 0 Å². The number of aliphatic carboxylic acids is 1. The van der Waals surface area contributed by atoms with Crippen LogP contribution in [0.5, 0.6) is 0 Å². The first kappa shape index (κ1) is 13.9. The van der Waals surface area contributed by atoms with E-state index < -0.39 is 5.97 Å². The summed E-state index contributed by atoms with van der Waals surface area (Å²) in [5.41, 5.74) is 4.59. The highest BCUT2D eigenvalue weighted by molar-refractivity contribution is 5.71. The maximum atomic E-state index is 11.1. The summed E-state index contributed by atoms with van der Waals surface area (Å²) in [6.45, 7) is 4.35. The van der Waals surface area contributed by atoms with Gasteiger partial charge in [0.25, 0.3) is 0 Å². The Kier molecular flexibility index (Phi) is 3.53. The van der Waals surface area contributed by atoms with Gasteiger partial charge in [0.05, 0.1) is 17.8 Å². The van der Waals surface area contributed by atoms with E-state index in [1.807, 2.05) is 10.9 Å². The number of carboxylic acids is 1. The second kappa shape index (κ2) is 5.35. The SMILES string of the molecule is CC(C)c1ccc(-n2ncc3c2CCC(C(=O)O)C3)cc1. The van der Waals surface area contributed by atoms with E-state index in [1.54, 1.807) is 0 Å². The Morgan fingerprint density at radius 2 is 2.05 bits per heavy atom. The lowest BCUT2D eigenvalue weighted by molar-refractivity contribution is -0.142. The van der Waals surface area contributed by atoms with Crippen LogP contribution in [0.3, 0.4) is 0 Å². The fourth-order valence-corrected chi connectivity index (χ4v) is 2.96. The molecule has 1 aliphatic carbocycles. The summed E-state index contributed by atoms with van der Waals surface area (Å²) in [5, 5.41) is 13.6. The first-order chi connectivity index (χ1) is 10.1. The zero-order valence-corrected chi connectivity index (χ0v) is 12.4. The van der Waals surface area contributed by atoms with Crippen molar-refractivity contribution in [3.05, 3.63) is 47.3 Å². The van der Waals surface area contributed by atoms with Crippen molar-refractivity contribution in [2.24, 2.45) is 5.92 Å². The maximum absolute atomic E-state index is 11.1. The van der Waals surface area contributed by atoms with E-state index in [-0.39, 0.29) is 5.92 Å². The molecule has 1 aromatic carbocycles. The molecule has 1 heterocycles. The lowest BCUT2D eigenvalue weighted by Gasteiger charge is -2.19. The number of carboxylic acid groups (broad SMARTS) is 1. The van der Waals surface area contributed by atoms with Gasteiger partial charge in [-0.05, 0) is 48.4 Å². The first-order valence-corrected chi connectivity index (χ1v) is 7.45. The average molecular weight is 284 g/mol. The Hall–Kier alpha value is -2.10. The van der Waals surface area contributed by atoms with Gasteiger partial charge in [-0.15, -0.1) is 0 Å². The van der Waals surface area contributed by atoms with Crippen molar-refractivity contribution >= 4 is 5.97 Å². The van der Waals surface area contributed by atoms with Crippen LogP contribution < -0.4 is 0 Å². The Bertz CT molecular complexity index is 656. The predicted molar refractivity (Wildman–Crippen MR) is 80.8 cm³/mol. The second-order valence-corrected chi connectivity index (χ2v) is 6.05. The standard InChI is InChI=1S/C17H20N2O2/c1-11(2)12-3-6-15(7-4-12)19-16-8-5-13(17(20)21)9-14(16)10-18-19/h3-4,6-7,10-11,13H,5,8-9H2,1-2H3,(H,20,21). The summed E-state index contributed by atoms with van der Waals surface area (Å²) in [6, 6.07) is 8.45. The molecule has 0 bridgehead atoms. The van der Waals surface area contributed by atoms with Gasteiger partial charge in [0.2, 0.25) is 0 Å². The Labute approximate surface area is 124 Å². The molecule has 3 rings (SSSR count). The van der Waals surface area contributed by atoms with Gasteiger partial charge >= 0.3 is 5.97 Å². The Morgan fingerprint density at radius 3 is 2.67 bits per heavy atom. The van der Waals surface area contributed by atoms with Gasteiger partial charge in [0.1, 0.15) is 0 Å². The summed E-state index contributed by atoms with van der Waals surface area (Å²) in [6.07, 6.45) is 3.88. The van der Waals surface area contributed by atoms with Crippen molar-refractivity contribution in [2.75, 3.05) is 0 Å². The van der Waals surface area contributed by atoms with Gasteiger partial charge in [-0.25, -0.2) is 4.68 Å². The number of hydrogen-bond acceptors (Lipinski definition) is 2. The number of hydrogen-bond donors (Lipinski definition) is 1. The van der Waals surface area contributed by atoms with Crippen LogP contribution in [0.15, 0.2) is 30.5 Å². The molecule has 110 valence electrons. The molecule has 1 aliphatic rings. The number of rotatable bonds is 3. The molecular weight excluding hydrogens is 264 g/mol. The number of aromatic nitrogens is 2. The van der Waals surface area contributed by atoms with Crippen LogP contribution in [0.1, 0.15) is 43.0 Å². The van der Waals surface area contributed by atoms with Gasteiger partial charge in [0, 0.05) is 5.69 Å². The van der Waals surface area contributed by atoms with E-state index in [2.05, 4.69) is 43.2 Å². The summed E-state index contributed by atoms with van der Waals surface area (Å²) >= 11 is 0. The van der Waals surface area contributed by atoms with Crippen molar-refractivity contribution in [2.45, 2.75) is 39.0 Å². The first-order valence-electron chi connectivity index (χ1n) is 7.45. The minimum absolute atomic E-state index is 0.265. The molecule has 0 saturated heterocycles. The highest BCUT2D eigenvalue weighted by Gasteiger charge is 2.27. The quantitative estimate of drug-likeness (QED) is 0.941. The largest absolute Gasteiger partial charge is 0.481 e. The minimum atomic E-state index is -0.699. The maximum Gasteiger partial charge on any atom is 0.306 e. The minimum Gasteiger partial charge on any atom is -0.481 e. The molecule has 1 N–H and O–H groups in total. The number of carbonyl (C=O) groups is 1. The smallest absolute Gasteiger partial charge is 0.306 e. The molecule has 4 nitrogen and oxygen atoms in total.